The highest BCUT2D eigenvalue weighted by atomic mass is 35.5. The molecule has 4 rings (SSSR count). The van der Waals surface area contributed by atoms with Crippen molar-refractivity contribution in [1.29, 1.82) is 0 Å². The maximum atomic E-state index is 13.5. The number of thioether (sulfide) groups is 1. The highest BCUT2D eigenvalue weighted by Crippen LogP contribution is 2.32. The van der Waals surface area contributed by atoms with Gasteiger partial charge in [0.1, 0.15) is 11.6 Å². The molecule has 10 heteroatoms. The molecule has 0 saturated heterocycles. The second-order valence-electron chi connectivity index (χ2n) is 7.92. The number of carbonyl (C=O) groups is 1. The monoisotopic (exact) mass is 497 g/mol. The van der Waals surface area contributed by atoms with Crippen LogP contribution in [0.3, 0.4) is 0 Å². The summed E-state index contributed by atoms with van der Waals surface area (Å²) in [4.78, 5) is 31.0. The third-order valence-corrected chi connectivity index (χ3v) is 6.55. The number of ether oxygens (including phenoxy) is 1. The minimum absolute atomic E-state index is 0.0446. The van der Waals surface area contributed by atoms with Crippen molar-refractivity contribution in [3.8, 4) is 11.4 Å². The normalized spacial score (nSPS) is 11.2. The van der Waals surface area contributed by atoms with E-state index in [1.165, 1.54) is 23.4 Å². The van der Waals surface area contributed by atoms with Crippen LogP contribution in [0.4, 0.5) is 5.82 Å². The van der Waals surface area contributed by atoms with Crippen molar-refractivity contribution in [1.82, 2.24) is 19.3 Å². The zero-order chi connectivity index (χ0) is 24.4. The predicted molar refractivity (Wildman–Crippen MR) is 136 cm³/mol. The Morgan fingerprint density at radius 1 is 1.24 bits per heavy atom. The molecule has 0 radical (unpaired) electrons. The molecule has 0 aliphatic rings. The zero-order valence-corrected chi connectivity index (χ0v) is 20.8. The molecule has 0 saturated carbocycles. The predicted octanol–water partition coefficient (Wildman–Crippen LogP) is 4.86. The van der Waals surface area contributed by atoms with E-state index < -0.39 is 0 Å². The molecule has 34 heavy (non-hydrogen) atoms. The number of nitrogens with zero attached hydrogens (tertiary/aromatic N) is 4. The number of carbonyl (C=O) groups excluding carboxylic acids is 1. The highest BCUT2D eigenvalue weighted by molar-refractivity contribution is 7.99. The van der Waals surface area contributed by atoms with Crippen molar-refractivity contribution in [2.45, 2.75) is 32.0 Å². The number of anilines is 1. The van der Waals surface area contributed by atoms with Gasteiger partial charge in [-0.25, -0.2) is 9.67 Å². The number of aromatic nitrogens is 4. The molecule has 0 bridgehead atoms. The van der Waals surface area contributed by atoms with Crippen molar-refractivity contribution in [3.63, 3.8) is 0 Å². The van der Waals surface area contributed by atoms with Crippen LogP contribution in [-0.4, -0.2) is 38.1 Å². The maximum absolute atomic E-state index is 13.5. The molecule has 1 N–H and O–H groups in total. The van der Waals surface area contributed by atoms with Crippen LogP contribution in [0.25, 0.3) is 16.6 Å². The van der Waals surface area contributed by atoms with E-state index in [0.717, 1.165) is 5.56 Å². The van der Waals surface area contributed by atoms with Gasteiger partial charge in [-0.1, -0.05) is 35.5 Å². The Hall–Kier alpha value is -3.30. The first-order chi connectivity index (χ1) is 16.3. The molecule has 0 spiro atoms. The van der Waals surface area contributed by atoms with Crippen LogP contribution in [0, 0.1) is 6.92 Å². The van der Waals surface area contributed by atoms with Crippen molar-refractivity contribution in [3.05, 3.63) is 69.6 Å². The second kappa shape index (κ2) is 9.90. The van der Waals surface area contributed by atoms with Gasteiger partial charge < -0.3 is 10.1 Å². The number of aryl methyl sites for hydroxylation is 1. The molecule has 4 aromatic rings. The van der Waals surface area contributed by atoms with Gasteiger partial charge in [-0.2, -0.15) is 5.10 Å². The van der Waals surface area contributed by atoms with E-state index >= 15 is 0 Å². The number of halogens is 1. The fourth-order valence-electron chi connectivity index (χ4n) is 3.54. The van der Waals surface area contributed by atoms with Crippen LogP contribution < -0.4 is 15.6 Å². The topological polar surface area (TPSA) is 91.0 Å². The molecule has 2 aromatic heterocycles. The number of rotatable bonds is 7. The molecule has 0 aliphatic carbocycles. The molecule has 0 fully saturated rings. The standard InChI is InChI=1S/C24H24ClN5O3S/c1-14(2)30-21(9-10-26-30)28-22(31)13-34-24-27-18-8-6-5-7-16(18)23(32)29(24)19-11-15(3)17(25)12-20(19)33-4/h5-12,14H,13H2,1-4H3,(H,28,31). The SMILES string of the molecule is COc1cc(Cl)c(C)cc1-n1c(SCC(=O)Nc2ccnn2C(C)C)nc2ccccc2c1=O. The molecule has 0 aliphatic heterocycles. The summed E-state index contributed by atoms with van der Waals surface area (Å²) in [5, 5.41) is 8.47. The summed E-state index contributed by atoms with van der Waals surface area (Å²) in [7, 11) is 1.52. The van der Waals surface area contributed by atoms with E-state index in [0.29, 0.717) is 38.3 Å². The summed E-state index contributed by atoms with van der Waals surface area (Å²) >= 11 is 7.45. The molecule has 1 amide bonds. The van der Waals surface area contributed by atoms with Crippen LogP contribution in [0.15, 0.2) is 58.6 Å². The summed E-state index contributed by atoms with van der Waals surface area (Å²) < 4.78 is 8.72. The average Bonchev–Trinajstić information content (AvgIpc) is 3.28. The van der Waals surface area contributed by atoms with Gasteiger partial charge in [0.05, 0.1) is 35.6 Å². The summed E-state index contributed by atoms with van der Waals surface area (Å²) in [5.74, 6) is 0.852. The Bertz CT molecular complexity index is 1430. The lowest BCUT2D eigenvalue weighted by molar-refractivity contribution is -0.113. The Kier molecular flexibility index (Phi) is 6.95. The first-order valence-corrected chi connectivity index (χ1v) is 12.0. The first kappa shape index (κ1) is 23.8. The molecule has 176 valence electrons. The molecular formula is C24H24ClN5O3S. The number of hydrogen-bond donors (Lipinski definition) is 1. The van der Waals surface area contributed by atoms with Gasteiger partial charge >= 0.3 is 0 Å². The van der Waals surface area contributed by atoms with Crippen LogP contribution in [0.1, 0.15) is 25.5 Å². The first-order valence-electron chi connectivity index (χ1n) is 10.6. The van der Waals surface area contributed by atoms with Crippen molar-refractivity contribution in [2.75, 3.05) is 18.2 Å². The fourth-order valence-corrected chi connectivity index (χ4v) is 4.50. The highest BCUT2D eigenvalue weighted by Gasteiger charge is 2.19. The fraction of sp³-hybridized carbons (Fsp3) is 0.250. The van der Waals surface area contributed by atoms with Gasteiger partial charge in [0.2, 0.25) is 5.91 Å². The number of fused-ring (bicyclic) bond motifs is 1. The number of amides is 1. The van der Waals surface area contributed by atoms with E-state index in [9.17, 15) is 9.59 Å². The van der Waals surface area contributed by atoms with Crippen LogP contribution in [-0.2, 0) is 4.79 Å². The summed E-state index contributed by atoms with van der Waals surface area (Å²) in [6, 6.07) is 12.4. The zero-order valence-electron chi connectivity index (χ0n) is 19.2. The van der Waals surface area contributed by atoms with Crippen molar-refractivity contribution in [2.24, 2.45) is 0 Å². The van der Waals surface area contributed by atoms with Gasteiger partial charge in [0.25, 0.3) is 5.56 Å². The number of benzene rings is 2. The van der Waals surface area contributed by atoms with Crippen LogP contribution in [0.5, 0.6) is 5.75 Å². The summed E-state index contributed by atoms with van der Waals surface area (Å²) in [5.41, 5.74) is 1.59. The Labute approximate surface area is 205 Å². The van der Waals surface area contributed by atoms with E-state index in [-0.39, 0.29) is 23.3 Å². The third kappa shape index (κ3) is 4.67. The van der Waals surface area contributed by atoms with Crippen molar-refractivity contribution < 1.29 is 9.53 Å². The summed E-state index contributed by atoms with van der Waals surface area (Å²) in [6.07, 6.45) is 1.64. The minimum Gasteiger partial charge on any atom is -0.495 e. The molecule has 0 atom stereocenters. The lowest BCUT2D eigenvalue weighted by Crippen LogP contribution is -2.24. The average molecular weight is 498 g/mol. The Balaban J connectivity index is 1.74. The second-order valence-corrected chi connectivity index (χ2v) is 9.27. The molecular weight excluding hydrogens is 474 g/mol. The van der Waals surface area contributed by atoms with Gasteiger partial charge in [0.15, 0.2) is 5.16 Å². The third-order valence-electron chi connectivity index (χ3n) is 5.21. The number of methoxy groups -OCH3 is 1. The molecule has 8 nitrogen and oxygen atoms in total. The minimum atomic E-state index is -0.258. The van der Waals surface area contributed by atoms with Crippen LogP contribution in [0.2, 0.25) is 5.02 Å². The van der Waals surface area contributed by atoms with Gasteiger partial charge in [0, 0.05) is 23.2 Å². The van der Waals surface area contributed by atoms with E-state index in [4.69, 9.17) is 21.3 Å². The molecule has 2 heterocycles. The molecule has 0 unspecified atom stereocenters. The maximum Gasteiger partial charge on any atom is 0.266 e. The quantitative estimate of drug-likeness (QED) is 0.289. The number of hydrogen-bond acceptors (Lipinski definition) is 6. The lowest BCUT2D eigenvalue weighted by Gasteiger charge is -2.17. The largest absolute Gasteiger partial charge is 0.495 e. The number of para-hydroxylation sites is 1. The van der Waals surface area contributed by atoms with E-state index in [2.05, 4.69) is 10.4 Å². The van der Waals surface area contributed by atoms with Gasteiger partial charge in [-0.05, 0) is 44.5 Å². The molecule has 2 aromatic carbocycles. The van der Waals surface area contributed by atoms with Gasteiger partial charge in [-0.3, -0.25) is 14.2 Å². The Morgan fingerprint density at radius 2 is 2.00 bits per heavy atom. The van der Waals surface area contributed by atoms with Crippen molar-refractivity contribution >= 4 is 46.0 Å². The van der Waals surface area contributed by atoms with E-state index in [1.807, 2.05) is 26.8 Å². The summed E-state index contributed by atoms with van der Waals surface area (Å²) in [6.45, 7) is 5.82. The number of nitrogens with one attached hydrogen (secondary N) is 1. The lowest BCUT2D eigenvalue weighted by atomic mass is 10.2. The Morgan fingerprint density at radius 3 is 2.74 bits per heavy atom. The van der Waals surface area contributed by atoms with Crippen LogP contribution >= 0.6 is 23.4 Å². The van der Waals surface area contributed by atoms with E-state index in [1.54, 1.807) is 47.3 Å². The smallest absolute Gasteiger partial charge is 0.266 e. The van der Waals surface area contributed by atoms with Gasteiger partial charge in [-0.15, -0.1) is 0 Å².